The number of hydrogen-bond donors (Lipinski definition) is 2. The third kappa shape index (κ3) is 4.17. The van der Waals surface area contributed by atoms with Crippen LogP contribution < -0.4 is 15.4 Å². The lowest BCUT2D eigenvalue weighted by Gasteiger charge is -2.18. The van der Waals surface area contributed by atoms with Gasteiger partial charge < -0.3 is 15.4 Å². The maximum atomic E-state index is 12.0. The number of fused-ring (bicyclic) bond motifs is 1. The minimum Gasteiger partial charge on any atom is -0.496 e. The van der Waals surface area contributed by atoms with Crippen LogP contribution in [0.2, 0.25) is 0 Å². The number of ether oxygens (including phenoxy) is 1. The molecule has 8 heteroatoms. The first-order chi connectivity index (χ1) is 13.1. The first-order valence-corrected chi connectivity index (χ1v) is 8.32. The van der Waals surface area contributed by atoms with Crippen LogP contribution in [0, 0.1) is 0 Å². The number of methoxy groups -OCH3 is 1. The molecule has 0 saturated carbocycles. The van der Waals surface area contributed by atoms with Gasteiger partial charge in [0.25, 0.3) is 5.91 Å². The number of nitrogens with zero attached hydrogens (tertiary/aromatic N) is 2. The van der Waals surface area contributed by atoms with Gasteiger partial charge in [0.05, 0.1) is 7.11 Å². The van der Waals surface area contributed by atoms with Crippen LogP contribution in [0.5, 0.6) is 5.75 Å². The van der Waals surface area contributed by atoms with Crippen molar-refractivity contribution in [2.45, 2.75) is 12.6 Å². The lowest BCUT2D eigenvalue weighted by Crippen LogP contribution is -2.41. The van der Waals surface area contributed by atoms with Crippen molar-refractivity contribution in [3.63, 3.8) is 0 Å². The summed E-state index contributed by atoms with van der Waals surface area (Å²) in [5, 5.41) is 12.6. The topological polar surface area (TPSA) is 109 Å². The zero-order chi connectivity index (χ0) is 19.2. The molecule has 0 aliphatic carbocycles. The molecular formula is C19H18N4O4. The Morgan fingerprint density at radius 1 is 1.04 bits per heavy atom. The molecular weight excluding hydrogens is 348 g/mol. The first kappa shape index (κ1) is 18.2. The average Bonchev–Trinajstić information content (AvgIpc) is 2.71. The molecule has 2 aromatic rings. The van der Waals surface area contributed by atoms with E-state index < -0.39 is 23.8 Å². The molecule has 3 amide bonds. The smallest absolute Gasteiger partial charge is 0.309 e. The molecule has 1 heterocycles. The lowest BCUT2D eigenvalue weighted by atomic mass is 9.99. The van der Waals surface area contributed by atoms with Gasteiger partial charge in [0.15, 0.2) is 0 Å². The summed E-state index contributed by atoms with van der Waals surface area (Å²) >= 11 is 0. The van der Waals surface area contributed by atoms with E-state index in [1.807, 2.05) is 12.1 Å². The van der Waals surface area contributed by atoms with Gasteiger partial charge in [0.1, 0.15) is 11.8 Å². The molecule has 0 radical (unpaired) electrons. The van der Waals surface area contributed by atoms with E-state index in [1.54, 1.807) is 36.4 Å². The fourth-order valence-electron chi connectivity index (χ4n) is 2.75. The highest BCUT2D eigenvalue weighted by molar-refractivity contribution is 6.35. The van der Waals surface area contributed by atoms with Crippen LogP contribution in [0.4, 0.5) is 0 Å². The van der Waals surface area contributed by atoms with Gasteiger partial charge in [0.2, 0.25) is 0 Å². The molecule has 27 heavy (non-hydrogen) atoms. The van der Waals surface area contributed by atoms with Crippen LogP contribution in [-0.4, -0.2) is 31.4 Å². The van der Waals surface area contributed by atoms with Crippen molar-refractivity contribution in [3.05, 3.63) is 65.2 Å². The second kappa shape index (κ2) is 8.22. The summed E-state index contributed by atoms with van der Waals surface area (Å²) in [5.41, 5.74) is 1.88. The Morgan fingerprint density at radius 2 is 1.74 bits per heavy atom. The van der Waals surface area contributed by atoms with Crippen molar-refractivity contribution in [2.24, 2.45) is 10.2 Å². The molecule has 8 nitrogen and oxygen atoms in total. The van der Waals surface area contributed by atoms with Crippen LogP contribution in [0.25, 0.3) is 0 Å². The molecule has 1 unspecified atom stereocenters. The van der Waals surface area contributed by atoms with Gasteiger partial charge in [-0.3, -0.25) is 14.4 Å². The quantitative estimate of drug-likeness (QED) is 0.786. The summed E-state index contributed by atoms with van der Waals surface area (Å²) in [6.45, 7) is 0.228. The highest BCUT2D eigenvalue weighted by atomic mass is 16.5. The van der Waals surface area contributed by atoms with E-state index in [2.05, 4.69) is 20.9 Å². The second-order valence-electron chi connectivity index (χ2n) is 5.83. The van der Waals surface area contributed by atoms with Crippen LogP contribution in [0.3, 0.4) is 0 Å². The Kier molecular flexibility index (Phi) is 5.55. The van der Waals surface area contributed by atoms with Gasteiger partial charge in [-0.15, -0.1) is 5.11 Å². The number of carbonyl (C=O) groups is 3. The summed E-state index contributed by atoms with van der Waals surface area (Å²) in [7, 11) is 1.54. The molecule has 0 aromatic heterocycles. The average molecular weight is 366 g/mol. The fourth-order valence-corrected chi connectivity index (χ4v) is 2.75. The van der Waals surface area contributed by atoms with Crippen molar-refractivity contribution in [1.82, 2.24) is 10.6 Å². The number of azo groups is 1. The molecule has 1 aliphatic heterocycles. The van der Waals surface area contributed by atoms with Crippen molar-refractivity contribution in [2.75, 3.05) is 13.7 Å². The second-order valence-corrected chi connectivity index (χ2v) is 5.83. The zero-order valence-corrected chi connectivity index (χ0v) is 14.6. The zero-order valence-electron chi connectivity index (χ0n) is 14.6. The van der Waals surface area contributed by atoms with Gasteiger partial charge >= 0.3 is 11.8 Å². The number of carbonyl (C=O) groups excluding carboxylic acids is 3. The summed E-state index contributed by atoms with van der Waals surface area (Å²) in [6.07, 6.45) is 0. The Bertz CT molecular complexity index is 910. The van der Waals surface area contributed by atoms with Crippen molar-refractivity contribution >= 4 is 17.7 Å². The fraction of sp³-hybridized carbons (Fsp3) is 0.211. The van der Waals surface area contributed by atoms with E-state index in [1.165, 1.54) is 7.11 Å². The molecule has 3 rings (SSSR count). The van der Waals surface area contributed by atoms with Crippen LogP contribution in [-0.2, 0) is 16.1 Å². The van der Waals surface area contributed by atoms with Crippen molar-refractivity contribution < 1.29 is 19.1 Å². The Labute approximate surface area is 155 Å². The number of hydrogen-bond acceptors (Lipinski definition) is 5. The van der Waals surface area contributed by atoms with E-state index in [0.29, 0.717) is 16.9 Å². The largest absolute Gasteiger partial charge is 0.496 e. The van der Waals surface area contributed by atoms with Crippen molar-refractivity contribution in [1.29, 1.82) is 0 Å². The lowest BCUT2D eigenvalue weighted by molar-refractivity contribution is -0.139. The molecule has 0 saturated heterocycles. The molecule has 0 bridgehead atoms. The van der Waals surface area contributed by atoms with Gasteiger partial charge in [0, 0.05) is 24.2 Å². The minimum atomic E-state index is -0.783. The van der Waals surface area contributed by atoms with Crippen molar-refractivity contribution in [3.8, 4) is 5.75 Å². The highest BCUT2D eigenvalue weighted by Gasteiger charge is 2.24. The molecule has 2 aromatic carbocycles. The predicted molar refractivity (Wildman–Crippen MR) is 96.2 cm³/mol. The molecule has 138 valence electrons. The third-order valence-corrected chi connectivity index (χ3v) is 4.13. The maximum Gasteiger partial charge on any atom is 0.309 e. The van der Waals surface area contributed by atoms with Crippen LogP contribution in [0.15, 0.2) is 58.8 Å². The van der Waals surface area contributed by atoms with E-state index in [-0.39, 0.29) is 13.1 Å². The summed E-state index contributed by atoms with van der Waals surface area (Å²) in [6, 6.07) is 13.6. The summed E-state index contributed by atoms with van der Waals surface area (Å²) in [5.74, 6) is -1.34. The van der Waals surface area contributed by atoms with E-state index in [9.17, 15) is 14.4 Å². The summed E-state index contributed by atoms with van der Waals surface area (Å²) < 4.78 is 5.20. The molecule has 1 aliphatic rings. The maximum absolute atomic E-state index is 12.0. The number of amides is 3. The number of nitrogens with one attached hydrogen (secondary N) is 2. The first-order valence-electron chi connectivity index (χ1n) is 8.32. The van der Waals surface area contributed by atoms with Gasteiger partial charge in [-0.05, 0) is 17.7 Å². The standard InChI is InChI=1S/C19H18N4O4/c1-27-16-9-5-2-6-12(16)10-20-18(25)19(26)21-11-15-13-7-3-4-8-14(13)17(24)23-22-15/h2-9,15H,10-11H2,1H3,(H,20,25)(H,21,26). The molecule has 0 spiro atoms. The van der Waals surface area contributed by atoms with E-state index in [0.717, 1.165) is 5.56 Å². The predicted octanol–water partition coefficient (Wildman–Crippen LogP) is 1.77. The van der Waals surface area contributed by atoms with E-state index >= 15 is 0 Å². The minimum absolute atomic E-state index is 0.0642. The molecule has 2 N–H and O–H groups in total. The van der Waals surface area contributed by atoms with E-state index in [4.69, 9.17) is 4.74 Å². The number of benzene rings is 2. The number of para-hydroxylation sites is 1. The third-order valence-electron chi connectivity index (χ3n) is 4.13. The van der Waals surface area contributed by atoms with Gasteiger partial charge in [-0.25, -0.2) is 0 Å². The Balaban J connectivity index is 1.56. The molecule has 1 atom stereocenters. The Morgan fingerprint density at radius 3 is 2.56 bits per heavy atom. The van der Waals surface area contributed by atoms with Gasteiger partial charge in [-0.1, -0.05) is 36.4 Å². The SMILES string of the molecule is COc1ccccc1CNC(=O)C(=O)NCC1N=NC(=O)c2ccccc21. The molecule has 0 fully saturated rings. The number of rotatable bonds is 5. The normalized spacial score (nSPS) is 15.0. The van der Waals surface area contributed by atoms with Crippen LogP contribution in [0.1, 0.15) is 27.5 Å². The Hall–Kier alpha value is -3.55. The monoisotopic (exact) mass is 366 g/mol. The highest BCUT2D eigenvalue weighted by Crippen LogP contribution is 2.26. The van der Waals surface area contributed by atoms with Gasteiger partial charge in [-0.2, -0.15) is 5.11 Å². The van der Waals surface area contributed by atoms with Crippen LogP contribution >= 0.6 is 0 Å². The summed E-state index contributed by atoms with van der Waals surface area (Å²) in [4.78, 5) is 35.8.